The maximum atomic E-state index is 13.3. The third kappa shape index (κ3) is 4.35. The molecule has 3 aromatic rings. The first-order valence-electron chi connectivity index (χ1n) is 10.2. The summed E-state index contributed by atoms with van der Waals surface area (Å²) in [4.78, 5) is 19.7. The normalized spacial score (nSPS) is 16.0. The molecule has 1 aromatic heterocycles. The van der Waals surface area contributed by atoms with Gasteiger partial charge in [-0.05, 0) is 72.9 Å². The van der Waals surface area contributed by atoms with Gasteiger partial charge in [-0.3, -0.25) is 9.78 Å². The molecule has 1 saturated heterocycles. The highest BCUT2D eigenvalue weighted by atomic mass is 19.1. The Morgan fingerprint density at radius 3 is 2.53 bits per heavy atom. The minimum Gasteiger partial charge on any atom is -0.497 e. The number of aryl methyl sites for hydroxylation is 1. The minimum atomic E-state index is -0.254. The topological polar surface area (TPSA) is 42.4 Å². The van der Waals surface area contributed by atoms with Crippen LogP contribution in [0.15, 0.2) is 60.7 Å². The molecule has 1 amide bonds. The van der Waals surface area contributed by atoms with Crippen LogP contribution in [0.4, 0.5) is 4.39 Å². The number of pyridine rings is 1. The van der Waals surface area contributed by atoms with Gasteiger partial charge in [-0.2, -0.15) is 0 Å². The molecule has 0 N–H and O–H groups in total. The predicted octanol–water partition coefficient (Wildman–Crippen LogP) is 5.11. The van der Waals surface area contributed by atoms with Gasteiger partial charge < -0.3 is 9.64 Å². The van der Waals surface area contributed by atoms with E-state index in [4.69, 9.17) is 9.72 Å². The van der Waals surface area contributed by atoms with E-state index in [9.17, 15) is 9.18 Å². The Morgan fingerprint density at radius 2 is 1.83 bits per heavy atom. The fourth-order valence-electron chi connectivity index (χ4n) is 4.07. The molecule has 4 nitrogen and oxygen atoms in total. The molecular weight excluding hydrogens is 379 g/mol. The summed E-state index contributed by atoms with van der Waals surface area (Å²) in [5, 5.41) is 0. The van der Waals surface area contributed by atoms with Crippen molar-refractivity contribution >= 4 is 5.91 Å². The first-order chi connectivity index (χ1) is 14.5. The predicted molar refractivity (Wildman–Crippen MR) is 115 cm³/mol. The van der Waals surface area contributed by atoms with Gasteiger partial charge in [-0.25, -0.2) is 4.39 Å². The Labute approximate surface area is 176 Å². The zero-order valence-corrected chi connectivity index (χ0v) is 17.3. The van der Waals surface area contributed by atoms with Crippen molar-refractivity contribution in [2.75, 3.05) is 13.7 Å². The van der Waals surface area contributed by atoms with Gasteiger partial charge in [-0.1, -0.05) is 24.3 Å². The number of hydrogen-bond acceptors (Lipinski definition) is 3. The summed E-state index contributed by atoms with van der Waals surface area (Å²) in [6.07, 6.45) is 2.21. The maximum Gasteiger partial charge on any atom is 0.227 e. The second-order valence-electron chi connectivity index (χ2n) is 7.70. The lowest BCUT2D eigenvalue weighted by Crippen LogP contribution is -2.32. The van der Waals surface area contributed by atoms with Crippen LogP contribution in [0.5, 0.6) is 5.75 Å². The molecule has 2 heterocycles. The van der Waals surface area contributed by atoms with Crippen LogP contribution in [0.3, 0.4) is 0 Å². The number of likely N-dealkylation sites (tertiary alicyclic amines) is 1. The van der Waals surface area contributed by atoms with Crippen LogP contribution in [-0.2, 0) is 11.2 Å². The molecule has 0 radical (unpaired) electrons. The Balaban J connectivity index is 1.56. The monoisotopic (exact) mass is 404 g/mol. The van der Waals surface area contributed by atoms with Crippen molar-refractivity contribution in [3.8, 4) is 16.9 Å². The molecule has 0 unspecified atom stereocenters. The van der Waals surface area contributed by atoms with E-state index in [0.717, 1.165) is 53.2 Å². The van der Waals surface area contributed by atoms with Crippen molar-refractivity contribution in [3.63, 3.8) is 0 Å². The minimum absolute atomic E-state index is 0.0325. The molecule has 154 valence electrons. The summed E-state index contributed by atoms with van der Waals surface area (Å²) in [6.45, 7) is 2.69. The number of rotatable bonds is 5. The number of carbonyl (C=O) groups excluding carboxylic acids is 1. The highest BCUT2D eigenvalue weighted by Crippen LogP contribution is 2.34. The van der Waals surface area contributed by atoms with Gasteiger partial charge in [0.15, 0.2) is 0 Å². The lowest BCUT2D eigenvalue weighted by Gasteiger charge is -2.25. The van der Waals surface area contributed by atoms with Crippen LogP contribution in [0.1, 0.15) is 35.8 Å². The first-order valence-corrected chi connectivity index (χ1v) is 10.2. The zero-order chi connectivity index (χ0) is 21.1. The standard InChI is InChI=1S/C25H25FN2O2/c1-17-14-20(19-7-9-21(26)10-8-19)16-23(27-17)24-4-3-13-28(24)25(29)15-18-5-11-22(30-2)12-6-18/h5-12,14,16,24H,3-4,13,15H2,1-2H3/t24-/m1/s1. The number of carbonyl (C=O) groups is 1. The molecule has 2 aromatic carbocycles. The number of benzene rings is 2. The summed E-state index contributed by atoms with van der Waals surface area (Å²) in [5.41, 5.74) is 4.69. The van der Waals surface area contributed by atoms with Gasteiger partial charge in [0.2, 0.25) is 5.91 Å². The van der Waals surface area contributed by atoms with Crippen LogP contribution < -0.4 is 4.74 Å². The quantitative estimate of drug-likeness (QED) is 0.593. The number of amides is 1. The van der Waals surface area contributed by atoms with Crippen molar-refractivity contribution in [2.45, 2.75) is 32.2 Å². The Morgan fingerprint density at radius 1 is 1.10 bits per heavy atom. The molecule has 0 bridgehead atoms. The molecule has 1 aliphatic rings. The van der Waals surface area contributed by atoms with E-state index in [-0.39, 0.29) is 17.8 Å². The van der Waals surface area contributed by atoms with Crippen LogP contribution in [0.25, 0.3) is 11.1 Å². The van der Waals surface area contributed by atoms with Gasteiger partial charge in [0, 0.05) is 12.2 Å². The van der Waals surface area contributed by atoms with E-state index < -0.39 is 0 Å². The average molecular weight is 404 g/mol. The molecule has 4 rings (SSSR count). The summed E-state index contributed by atoms with van der Waals surface area (Å²) in [7, 11) is 1.63. The lowest BCUT2D eigenvalue weighted by atomic mass is 10.0. The van der Waals surface area contributed by atoms with Crippen LogP contribution in [0, 0.1) is 12.7 Å². The molecule has 30 heavy (non-hydrogen) atoms. The molecule has 1 atom stereocenters. The summed E-state index contributed by atoms with van der Waals surface area (Å²) in [5.74, 6) is 0.632. The van der Waals surface area contributed by atoms with Gasteiger partial charge in [0.1, 0.15) is 11.6 Å². The van der Waals surface area contributed by atoms with Gasteiger partial charge in [0.05, 0.1) is 25.3 Å². The van der Waals surface area contributed by atoms with E-state index in [1.165, 1.54) is 12.1 Å². The number of nitrogens with zero attached hydrogens (tertiary/aromatic N) is 2. The summed E-state index contributed by atoms with van der Waals surface area (Å²) < 4.78 is 18.5. The second-order valence-corrected chi connectivity index (χ2v) is 7.70. The summed E-state index contributed by atoms with van der Waals surface area (Å²) >= 11 is 0. The molecule has 0 spiro atoms. The van der Waals surface area contributed by atoms with Gasteiger partial charge >= 0.3 is 0 Å². The van der Waals surface area contributed by atoms with E-state index in [1.807, 2.05) is 48.2 Å². The fraction of sp³-hybridized carbons (Fsp3) is 0.280. The highest BCUT2D eigenvalue weighted by Gasteiger charge is 2.31. The highest BCUT2D eigenvalue weighted by molar-refractivity contribution is 5.79. The first kappa shape index (κ1) is 20.1. The average Bonchev–Trinajstić information content (AvgIpc) is 3.24. The van der Waals surface area contributed by atoms with E-state index in [2.05, 4.69) is 0 Å². The SMILES string of the molecule is COc1ccc(CC(=O)N2CCC[C@@H]2c2cc(-c3ccc(F)cc3)cc(C)n2)cc1. The van der Waals surface area contributed by atoms with Gasteiger partial charge in [0.25, 0.3) is 0 Å². The number of hydrogen-bond donors (Lipinski definition) is 0. The van der Waals surface area contributed by atoms with E-state index >= 15 is 0 Å². The third-order valence-corrected chi connectivity index (χ3v) is 5.58. The van der Waals surface area contributed by atoms with Gasteiger partial charge in [-0.15, -0.1) is 0 Å². The van der Waals surface area contributed by atoms with E-state index in [1.54, 1.807) is 19.2 Å². The van der Waals surface area contributed by atoms with Crippen LogP contribution in [-0.4, -0.2) is 29.4 Å². The number of ether oxygens (including phenoxy) is 1. The van der Waals surface area contributed by atoms with Crippen molar-refractivity contribution in [1.29, 1.82) is 0 Å². The van der Waals surface area contributed by atoms with Crippen LogP contribution in [0.2, 0.25) is 0 Å². The maximum absolute atomic E-state index is 13.3. The van der Waals surface area contributed by atoms with Crippen LogP contribution >= 0.6 is 0 Å². The molecule has 0 saturated carbocycles. The smallest absolute Gasteiger partial charge is 0.227 e. The Hall–Kier alpha value is -3.21. The third-order valence-electron chi connectivity index (χ3n) is 5.58. The Bertz CT molecular complexity index is 1030. The number of aromatic nitrogens is 1. The molecule has 1 fully saturated rings. The largest absolute Gasteiger partial charge is 0.497 e. The van der Waals surface area contributed by atoms with Crippen molar-refractivity contribution < 1.29 is 13.9 Å². The lowest BCUT2D eigenvalue weighted by molar-refractivity contribution is -0.131. The molecule has 0 aliphatic carbocycles. The number of halogens is 1. The Kier molecular flexibility index (Phi) is 5.79. The fourth-order valence-corrected chi connectivity index (χ4v) is 4.07. The molecule has 1 aliphatic heterocycles. The van der Waals surface area contributed by atoms with Crippen molar-refractivity contribution in [1.82, 2.24) is 9.88 Å². The number of methoxy groups -OCH3 is 1. The molecule has 5 heteroatoms. The zero-order valence-electron chi connectivity index (χ0n) is 17.3. The van der Waals surface area contributed by atoms with Crippen molar-refractivity contribution in [3.05, 3.63) is 83.4 Å². The van der Waals surface area contributed by atoms with Crippen molar-refractivity contribution in [2.24, 2.45) is 0 Å². The second kappa shape index (κ2) is 8.66. The molecular formula is C25H25FN2O2. The summed E-state index contributed by atoms with van der Waals surface area (Å²) in [6, 6.07) is 18.1. The van der Waals surface area contributed by atoms with E-state index in [0.29, 0.717) is 6.42 Å².